The summed E-state index contributed by atoms with van der Waals surface area (Å²) in [5.74, 6) is 2.15. The van der Waals surface area contributed by atoms with E-state index in [9.17, 15) is 4.79 Å². The number of carbonyl (C=O) groups excluding carboxylic acids is 1. The molecule has 0 fully saturated rings. The molecule has 1 aromatic heterocycles. The minimum Gasteiger partial charge on any atom is -0.368 e. The monoisotopic (exact) mass is 343 g/mol. The second kappa shape index (κ2) is 9.58. The van der Waals surface area contributed by atoms with Crippen LogP contribution in [0, 0.1) is 6.92 Å². The highest BCUT2D eigenvalue weighted by Gasteiger charge is 2.04. The van der Waals surface area contributed by atoms with Gasteiger partial charge in [-0.2, -0.15) is 0 Å². The molecule has 0 unspecified atom stereocenters. The average molecular weight is 343 g/mol. The summed E-state index contributed by atoms with van der Waals surface area (Å²) in [6.07, 6.45) is 0. The minimum atomic E-state index is -0.134. The summed E-state index contributed by atoms with van der Waals surface area (Å²) >= 11 is 0. The molecule has 0 aliphatic rings. The quantitative estimate of drug-likeness (QED) is 0.673. The fraction of sp³-hybridized carbons (Fsp3) is 0.389. The van der Waals surface area contributed by atoms with E-state index in [1.807, 2.05) is 62.3 Å². The Morgan fingerprint density at radius 1 is 1.16 bits per heavy atom. The number of aromatic nitrogens is 2. The van der Waals surface area contributed by atoms with Crippen LogP contribution in [0.3, 0.4) is 0 Å². The summed E-state index contributed by atoms with van der Waals surface area (Å²) in [5, 5.41) is 6.00. The zero-order valence-electron chi connectivity index (χ0n) is 15.0. The first-order chi connectivity index (χ1) is 12.0. The van der Waals surface area contributed by atoms with Crippen molar-refractivity contribution in [1.82, 2.24) is 15.3 Å². The van der Waals surface area contributed by atoms with E-state index in [4.69, 9.17) is 4.74 Å². The lowest BCUT2D eigenvalue weighted by molar-refractivity contribution is -0.126. The van der Waals surface area contributed by atoms with E-state index >= 15 is 0 Å². The van der Waals surface area contributed by atoms with Crippen molar-refractivity contribution in [3.63, 3.8) is 0 Å². The van der Waals surface area contributed by atoms with Crippen molar-refractivity contribution in [3.8, 4) is 0 Å². The number of carbonyl (C=O) groups is 1. The molecule has 2 rings (SSSR count). The van der Waals surface area contributed by atoms with Gasteiger partial charge in [-0.05, 0) is 12.5 Å². The predicted molar refractivity (Wildman–Crippen MR) is 98.7 cm³/mol. The largest absolute Gasteiger partial charge is 0.368 e. The van der Waals surface area contributed by atoms with Crippen molar-refractivity contribution in [2.24, 2.45) is 0 Å². The average Bonchev–Trinajstić information content (AvgIpc) is 2.59. The molecule has 25 heavy (non-hydrogen) atoms. The van der Waals surface area contributed by atoms with Crippen LogP contribution in [-0.2, 0) is 16.1 Å². The number of rotatable bonds is 9. The van der Waals surface area contributed by atoms with Crippen LogP contribution < -0.4 is 15.5 Å². The first-order valence-corrected chi connectivity index (χ1v) is 8.20. The van der Waals surface area contributed by atoms with E-state index in [-0.39, 0.29) is 12.5 Å². The van der Waals surface area contributed by atoms with Gasteiger partial charge in [0, 0.05) is 33.3 Å². The molecule has 0 aliphatic heterocycles. The second-order valence-corrected chi connectivity index (χ2v) is 5.81. The number of amides is 1. The SMILES string of the molecule is Cc1nc(NCCNC(=O)COCc2ccccc2)cc(N(C)C)n1. The summed E-state index contributed by atoms with van der Waals surface area (Å²) in [4.78, 5) is 22.3. The number of aryl methyl sites for hydroxylation is 1. The van der Waals surface area contributed by atoms with Crippen molar-refractivity contribution in [1.29, 1.82) is 0 Å². The van der Waals surface area contributed by atoms with Gasteiger partial charge in [-0.15, -0.1) is 0 Å². The lowest BCUT2D eigenvalue weighted by atomic mass is 10.2. The van der Waals surface area contributed by atoms with E-state index in [0.717, 1.165) is 17.2 Å². The van der Waals surface area contributed by atoms with Crippen LogP contribution in [0.4, 0.5) is 11.6 Å². The zero-order chi connectivity index (χ0) is 18.1. The summed E-state index contributed by atoms with van der Waals surface area (Å²) in [6.45, 7) is 3.40. The third-order valence-electron chi connectivity index (χ3n) is 3.38. The first kappa shape index (κ1) is 18.7. The van der Waals surface area contributed by atoms with Crippen molar-refractivity contribution in [3.05, 3.63) is 47.8 Å². The molecule has 2 aromatic rings. The molecule has 1 heterocycles. The van der Waals surface area contributed by atoms with Crippen LogP contribution in [0.5, 0.6) is 0 Å². The molecule has 0 atom stereocenters. The van der Waals surface area contributed by atoms with E-state index in [1.165, 1.54) is 0 Å². The summed E-state index contributed by atoms with van der Waals surface area (Å²) in [7, 11) is 3.86. The Bertz CT molecular complexity index is 676. The summed E-state index contributed by atoms with van der Waals surface area (Å²) < 4.78 is 5.40. The maximum Gasteiger partial charge on any atom is 0.246 e. The highest BCUT2D eigenvalue weighted by Crippen LogP contribution is 2.12. The maximum atomic E-state index is 11.7. The van der Waals surface area contributed by atoms with Crippen LogP contribution in [-0.4, -0.2) is 49.7 Å². The molecule has 0 bridgehead atoms. The molecule has 0 aliphatic carbocycles. The summed E-state index contributed by atoms with van der Waals surface area (Å²) in [6, 6.07) is 11.6. The van der Waals surface area contributed by atoms with Crippen LogP contribution in [0.15, 0.2) is 36.4 Å². The fourth-order valence-electron chi connectivity index (χ4n) is 2.15. The standard InChI is InChI=1S/C18H25N5O2/c1-14-21-16(11-17(22-14)23(2)3)19-9-10-20-18(24)13-25-12-15-7-5-4-6-8-15/h4-8,11H,9-10,12-13H2,1-3H3,(H,20,24)(H,19,21,22). The predicted octanol–water partition coefficient (Wildman–Crippen LogP) is 1.60. The van der Waals surface area contributed by atoms with Gasteiger partial charge in [-0.1, -0.05) is 30.3 Å². The Labute approximate surface area is 148 Å². The number of nitrogens with one attached hydrogen (secondary N) is 2. The van der Waals surface area contributed by atoms with Crippen molar-refractivity contribution in [2.45, 2.75) is 13.5 Å². The van der Waals surface area contributed by atoms with Gasteiger partial charge < -0.3 is 20.3 Å². The highest BCUT2D eigenvalue weighted by molar-refractivity contribution is 5.77. The molecular formula is C18H25N5O2. The Balaban J connectivity index is 1.64. The van der Waals surface area contributed by atoms with Crippen molar-refractivity contribution >= 4 is 17.5 Å². The molecule has 1 aromatic carbocycles. The smallest absolute Gasteiger partial charge is 0.246 e. The fourth-order valence-corrected chi connectivity index (χ4v) is 2.15. The van der Waals surface area contributed by atoms with Crippen molar-refractivity contribution < 1.29 is 9.53 Å². The Kier molecular flexibility index (Phi) is 7.16. The van der Waals surface area contributed by atoms with Gasteiger partial charge in [-0.3, -0.25) is 4.79 Å². The molecule has 2 N–H and O–H groups in total. The zero-order valence-corrected chi connectivity index (χ0v) is 15.0. The molecule has 7 nitrogen and oxygen atoms in total. The molecule has 0 saturated heterocycles. The Morgan fingerprint density at radius 3 is 2.64 bits per heavy atom. The van der Waals surface area contributed by atoms with E-state index in [0.29, 0.717) is 25.5 Å². The lowest BCUT2D eigenvalue weighted by Gasteiger charge is -2.14. The van der Waals surface area contributed by atoms with Gasteiger partial charge in [-0.25, -0.2) is 9.97 Å². The first-order valence-electron chi connectivity index (χ1n) is 8.20. The number of benzene rings is 1. The molecule has 0 saturated carbocycles. The van der Waals surface area contributed by atoms with Gasteiger partial charge in [0.1, 0.15) is 24.1 Å². The minimum absolute atomic E-state index is 0.0479. The van der Waals surface area contributed by atoms with Gasteiger partial charge in [0.25, 0.3) is 0 Å². The Morgan fingerprint density at radius 2 is 1.92 bits per heavy atom. The highest BCUT2D eigenvalue weighted by atomic mass is 16.5. The number of nitrogens with zero attached hydrogens (tertiary/aromatic N) is 3. The number of ether oxygens (including phenoxy) is 1. The maximum absolute atomic E-state index is 11.7. The van der Waals surface area contributed by atoms with Crippen LogP contribution in [0.1, 0.15) is 11.4 Å². The molecule has 0 radical (unpaired) electrons. The molecule has 7 heteroatoms. The number of hydrogen-bond acceptors (Lipinski definition) is 6. The van der Waals surface area contributed by atoms with Gasteiger partial charge in [0.05, 0.1) is 6.61 Å². The van der Waals surface area contributed by atoms with Crippen LogP contribution in [0.2, 0.25) is 0 Å². The van der Waals surface area contributed by atoms with E-state index < -0.39 is 0 Å². The topological polar surface area (TPSA) is 79.4 Å². The normalized spacial score (nSPS) is 10.4. The third kappa shape index (κ3) is 6.76. The van der Waals surface area contributed by atoms with Gasteiger partial charge in [0.15, 0.2) is 0 Å². The molecule has 0 spiro atoms. The Hall–Kier alpha value is -2.67. The molecule has 1 amide bonds. The van der Waals surface area contributed by atoms with Crippen LogP contribution in [0.25, 0.3) is 0 Å². The van der Waals surface area contributed by atoms with Crippen molar-refractivity contribution in [2.75, 3.05) is 44.0 Å². The number of anilines is 2. The van der Waals surface area contributed by atoms with E-state index in [1.54, 1.807) is 0 Å². The van der Waals surface area contributed by atoms with Gasteiger partial charge >= 0.3 is 0 Å². The molecule has 134 valence electrons. The van der Waals surface area contributed by atoms with E-state index in [2.05, 4.69) is 20.6 Å². The van der Waals surface area contributed by atoms with Crippen LogP contribution >= 0.6 is 0 Å². The number of hydrogen-bond donors (Lipinski definition) is 2. The lowest BCUT2D eigenvalue weighted by Crippen LogP contribution is -2.31. The summed E-state index contributed by atoms with van der Waals surface area (Å²) in [5.41, 5.74) is 1.05. The van der Waals surface area contributed by atoms with Gasteiger partial charge in [0.2, 0.25) is 5.91 Å². The third-order valence-corrected chi connectivity index (χ3v) is 3.38. The second-order valence-electron chi connectivity index (χ2n) is 5.81. The molecular weight excluding hydrogens is 318 g/mol.